The summed E-state index contributed by atoms with van der Waals surface area (Å²) in [4.78, 5) is 0. The van der Waals surface area contributed by atoms with Crippen LogP contribution in [-0.4, -0.2) is 13.6 Å². The Morgan fingerprint density at radius 1 is 1.24 bits per heavy atom. The summed E-state index contributed by atoms with van der Waals surface area (Å²) in [6.07, 6.45) is 4.19. The largest absolute Gasteiger partial charge is 0.319 e. The quantitative estimate of drug-likeness (QED) is 0.851. The Hall–Kier alpha value is -0.960. The van der Waals surface area contributed by atoms with Gasteiger partial charge in [-0.05, 0) is 56.3 Å². The molecule has 1 fully saturated rings. The molecule has 0 heterocycles. The maximum Gasteiger partial charge on any atom is 0.162 e. The molecule has 0 bridgehead atoms. The number of halogens is 2. The van der Waals surface area contributed by atoms with Gasteiger partial charge in [-0.1, -0.05) is 18.6 Å². The highest BCUT2D eigenvalue weighted by Crippen LogP contribution is 2.34. The van der Waals surface area contributed by atoms with Gasteiger partial charge in [-0.3, -0.25) is 0 Å². The van der Waals surface area contributed by atoms with E-state index in [1.54, 1.807) is 12.1 Å². The Kier molecular flexibility index (Phi) is 4.11. The van der Waals surface area contributed by atoms with E-state index in [1.165, 1.54) is 18.9 Å². The highest BCUT2D eigenvalue weighted by molar-refractivity contribution is 5.19. The van der Waals surface area contributed by atoms with Crippen molar-refractivity contribution < 1.29 is 8.78 Å². The Morgan fingerprint density at radius 3 is 2.76 bits per heavy atom. The SMILES string of the molecule is CNCC1CCCC1Cc1cccc(F)c1F. The van der Waals surface area contributed by atoms with Crippen molar-refractivity contribution in [2.24, 2.45) is 11.8 Å². The van der Waals surface area contributed by atoms with Crippen LogP contribution in [0.1, 0.15) is 24.8 Å². The van der Waals surface area contributed by atoms with Gasteiger partial charge in [0.25, 0.3) is 0 Å². The second-order valence-electron chi connectivity index (χ2n) is 4.93. The van der Waals surface area contributed by atoms with Crippen molar-refractivity contribution in [3.8, 4) is 0 Å². The molecule has 1 aromatic rings. The van der Waals surface area contributed by atoms with Gasteiger partial charge in [0.15, 0.2) is 11.6 Å². The van der Waals surface area contributed by atoms with E-state index in [9.17, 15) is 8.78 Å². The minimum absolute atomic E-state index is 0.485. The van der Waals surface area contributed by atoms with E-state index in [4.69, 9.17) is 0 Å². The highest BCUT2D eigenvalue weighted by Gasteiger charge is 2.27. The van der Waals surface area contributed by atoms with E-state index >= 15 is 0 Å². The molecule has 2 atom stereocenters. The Balaban J connectivity index is 2.07. The molecule has 0 aromatic heterocycles. The molecule has 17 heavy (non-hydrogen) atoms. The monoisotopic (exact) mass is 239 g/mol. The minimum Gasteiger partial charge on any atom is -0.319 e. The third kappa shape index (κ3) is 2.83. The lowest BCUT2D eigenvalue weighted by molar-refractivity contribution is 0.367. The lowest BCUT2D eigenvalue weighted by Gasteiger charge is -2.19. The summed E-state index contributed by atoms with van der Waals surface area (Å²) in [6.45, 7) is 0.974. The van der Waals surface area contributed by atoms with E-state index in [2.05, 4.69) is 5.32 Å². The van der Waals surface area contributed by atoms with Crippen LogP contribution < -0.4 is 5.32 Å². The molecule has 1 aliphatic rings. The average Bonchev–Trinajstić information content (AvgIpc) is 2.73. The highest BCUT2D eigenvalue weighted by atomic mass is 19.2. The summed E-state index contributed by atoms with van der Waals surface area (Å²) in [5, 5.41) is 3.18. The minimum atomic E-state index is -0.731. The molecule has 0 saturated heterocycles. The van der Waals surface area contributed by atoms with Gasteiger partial charge in [-0.15, -0.1) is 0 Å². The summed E-state index contributed by atoms with van der Waals surface area (Å²) >= 11 is 0. The number of nitrogens with one attached hydrogen (secondary N) is 1. The zero-order valence-corrected chi connectivity index (χ0v) is 10.2. The second kappa shape index (κ2) is 5.58. The first kappa shape index (κ1) is 12.5. The predicted octanol–water partition coefficient (Wildman–Crippen LogP) is 3.14. The van der Waals surface area contributed by atoms with Gasteiger partial charge in [-0.2, -0.15) is 0 Å². The maximum absolute atomic E-state index is 13.6. The molecule has 1 aromatic carbocycles. The van der Waals surface area contributed by atoms with Crippen LogP contribution in [0.15, 0.2) is 18.2 Å². The molecule has 0 radical (unpaired) electrons. The van der Waals surface area contributed by atoms with Crippen molar-refractivity contribution in [3.05, 3.63) is 35.4 Å². The Bertz CT molecular complexity index is 378. The summed E-state index contributed by atoms with van der Waals surface area (Å²) in [5.74, 6) is -0.310. The van der Waals surface area contributed by atoms with E-state index < -0.39 is 11.6 Å². The van der Waals surface area contributed by atoms with Crippen molar-refractivity contribution in [2.45, 2.75) is 25.7 Å². The predicted molar refractivity (Wildman–Crippen MR) is 64.8 cm³/mol. The van der Waals surface area contributed by atoms with E-state index in [1.807, 2.05) is 7.05 Å². The van der Waals surface area contributed by atoms with Gasteiger partial charge in [0.2, 0.25) is 0 Å². The van der Waals surface area contributed by atoms with Gasteiger partial charge >= 0.3 is 0 Å². The first-order chi connectivity index (χ1) is 8.22. The Morgan fingerprint density at radius 2 is 2.00 bits per heavy atom. The topological polar surface area (TPSA) is 12.0 Å². The fourth-order valence-electron chi connectivity index (χ4n) is 2.90. The number of hydrogen-bond acceptors (Lipinski definition) is 1. The van der Waals surface area contributed by atoms with Crippen molar-refractivity contribution >= 4 is 0 Å². The lowest BCUT2D eigenvalue weighted by atomic mass is 9.89. The molecule has 1 saturated carbocycles. The normalized spacial score (nSPS) is 24.2. The number of benzene rings is 1. The lowest BCUT2D eigenvalue weighted by Crippen LogP contribution is -2.23. The standard InChI is InChI=1S/C14H19F2N/c1-17-9-12-6-2-4-10(12)8-11-5-3-7-13(15)14(11)16/h3,5,7,10,12,17H,2,4,6,8-9H2,1H3. The van der Waals surface area contributed by atoms with Crippen LogP contribution in [0.2, 0.25) is 0 Å². The van der Waals surface area contributed by atoms with Crippen LogP contribution in [0.4, 0.5) is 8.78 Å². The van der Waals surface area contributed by atoms with Crippen molar-refractivity contribution in [2.75, 3.05) is 13.6 Å². The summed E-state index contributed by atoms with van der Waals surface area (Å²) in [7, 11) is 1.94. The van der Waals surface area contributed by atoms with Crippen molar-refractivity contribution in [1.82, 2.24) is 5.32 Å². The van der Waals surface area contributed by atoms with Gasteiger partial charge in [0.05, 0.1) is 0 Å². The average molecular weight is 239 g/mol. The molecule has 2 unspecified atom stereocenters. The van der Waals surface area contributed by atoms with Crippen LogP contribution in [0.25, 0.3) is 0 Å². The van der Waals surface area contributed by atoms with Crippen LogP contribution in [0, 0.1) is 23.5 Å². The molecular weight excluding hydrogens is 220 g/mol. The third-order valence-electron chi connectivity index (χ3n) is 3.80. The fraction of sp³-hybridized carbons (Fsp3) is 0.571. The van der Waals surface area contributed by atoms with E-state index in [0.29, 0.717) is 23.8 Å². The Labute approximate surface area is 101 Å². The maximum atomic E-state index is 13.6. The van der Waals surface area contributed by atoms with E-state index in [0.717, 1.165) is 13.0 Å². The van der Waals surface area contributed by atoms with E-state index in [-0.39, 0.29) is 0 Å². The molecule has 0 amide bonds. The second-order valence-corrected chi connectivity index (χ2v) is 4.93. The third-order valence-corrected chi connectivity index (χ3v) is 3.80. The fourth-order valence-corrected chi connectivity index (χ4v) is 2.90. The number of hydrogen-bond donors (Lipinski definition) is 1. The summed E-state index contributed by atoms with van der Waals surface area (Å²) < 4.78 is 26.7. The van der Waals surface area contributed by atoms with Gasteiger partial charge in [-0.25, -0.2) is 8.78 Å². The first-order valence-electron chi connectivity index (χ1n) is 6.30. The molecule has 1 nitrogen and oxygen atoms in total. The zero-order valence-electron chi connectivity index (χ0n) is 10.2. The van der Waals surface area contributed by atoms with Crippen LogP contribution >= 0.6 is 0 Å². The molecule has 1 N–H and O–H groups in total. The first-order valence-corrected chi connectivity index (χ1v) is 6.30. The van der Waals surface area contributed by atoms with Gasteiger partial charge in [0.1, 0.15) is 0 Å². The van der Waals surface area contributed by atoms with Crippen molar-refractivity contribution in [3.63, 3.8) is 0 Å². The smallest absolute Gasteiger partial charge is 0.162 e. The summed E-state index contributed by atoms with van der Waals surface area (Å²) in [6, 6.07) is 4.47. The molecular formula is C14H19F2N. The molecule has 3 heteroatoms. The van der Waals surface area contributed by atoms with Crippen LogP contribution in [0.3, 0.4) is 0 Å². The molecule has 2 rings (SSSR count). The van der Waals surface area contributed by atoms with Gasteiger partial charge < -0.3 is 5.32 Å². The molecule has 0 spiro atoms. The molecule has 94 valence electrons. The zero-order chi connectivity index (χ0) is 12.3. The van der Waals surface area contributed by atoms with Crippen molar-refractivity contribution in [1.29, 1.82) is 0 Å². The van der Waals surface area contributed by atoms with Gasteiger partial charge in [0, 0.05) is 0 Å². The molecule has 1 aliphatic carbocycles. The number of rotatable bonds is 4. The summed E-state index contributed by atoms with van der Waals surface area (Å²) in [5.41, 5.74) is 0.526. The van der Waals surface area contributed by atoms with Crippen LogP contribution in [0.5, 0.6) is 0 Å². The van der Waals surface area contributed by atoms with Crippen LogP contribution in [-0.2, 0) is 6.42 Å². The molecule has 0 aliphatic heterocycles.